The maximum Gasteiger partial charge on any atom is 0.356 e. The van der Waals surface area contributed by atoms with Crippen molar-refractivity contribution in [3.05, 3.63) is 64.2 Å². The Morgan fingerprint density at radius 1 is 1.15 bits per heavy atom. The molecule has 7 heteroatoms. The number of nitrogens with zero attached hydrogens (tertiary/aromatic N) is 3. The molecule has 6 nitrogen and oxygen atoms in total. The van der Waals surface area contributed by atoms with E-state index in [0.717, 1.165) is 31.4 Å². The van der Waals surface area contributed by atoms with E-state index in [1.165, 1.54) is 13.2 Å². The van der Waals surface area contributed by atoms with Crippen molar-refractivity contribution >= 4 is 28.9 Å². The molecule has 0 atom stereocenters. The van der Waals surface area contributed by atoms with E-state index in [4.69, 9.17) is 16.3 Å². The van der Waals surface area contributed by atoms with Crippen LogP contribution in [0.25, 0.3) is 5.52 Å². The number of pyridine rings is 2. The van der Waals surface area contributed by atoms with Gasteiger partial charge in [0.15, 0.2) is 0 Å². The Balaban J connectivity index is 1.85. The monoisotopic (exact) mass is 383 g/mol. The molecule has 27 heavy (non-hydrogen) atoms. The number of methoxy groups -OCH3 is 1. The Morgan fingerprint density at radius 3 is 2.63 bits per heavy atom. The van der Waals surface area contributed by atoms with Gasteiger partial charge in [-0.05, 0) is 37.1 Å². The summed E-state index contributed by atoms with van der Waals surface area (Å²) in [7, 11) is 1.28. The summed E-state index contributed by atoms with van der Waals surface area (Å²) in [6, 6.07) is 8.30. The number of ketones is 1. The third-order valence-electron chi connectivity index (χ3n) is 4.97. The van der Waals surface area contributed by atoms with E-state index in [1.54, 1.807) is 35.0 Å². The average Bonchev–Trinajstić information content (AvgIpc) is 3.34. The Labute approximate surface area is 161 Å². The minimum Gasteiger partial charge on any atom is -0.464 e. The van der Waals surface area contributed by atoms with Gasteiger partial charge in [-0.15, -0.1) is 0 Å². The highest BCUT2D eigenvalue weighted by Crippen LogP contribution is 2.37. The summed E-state index contributed by atoms with van der Waals surface area (Å²) in [5.41, 5.74) is 2.31. The van der Waals surface area contributed by atoms with Gasteiger partial charge in [-0.25, -0.2) is 14.3 Å². The van der Waals surface area contributed by atoms with Crippen LogP contribution in [0.15, 0.2) is 36.5 Å². The molecule has 138 valence electrons. The first kappa shape index (κ1) is 17.7. The minimum atomic E-state index is -0.577. The number of esters is 1. The van der Waals surface area contributed by atoms with E-state index >= 15 is 0 Å². The summed E-state index contributed by atoms with van der Waals surface area (Å²) in [5.74, 6) is -0.585. The highest BCUT2D eigenvalue weighted by atomic mass is 35.5. The molecule has 0 aliphatic heterocycles. The van der Waals surface area contributed by atoms with Gasteiger partial charge in [0.05, 0.1) is 28.9 Å². The number of hydrogen-bond acceptors (Lipinski definition) is 5. The van der Waals surface area contributed by atoms with Gasteiger partial charge in [-0.3, -0.25) is 4.79 Å². The maximum atomic E-state index is 13.3. The molecule has 0 aromatic carbocycles. The summed E-state index contributed by atoms with van der Waals surface area (Å²) in [6.07, 6.45) is 5.97. The number of halogens is 1. The number of ether oxygens (including phenoxy) is 1. The molecule has 0 N–H and O–H groups in total. The summed E-state index contributed by atoms with van der Waals surface area (Å²) in [4.78, 5) is 29.3. The van der Waals surface area contributed by atoms with Crippen molar-refractivity contribution in [3.63, 3.8) is 0 Å². The first-order chi connectivity index (χ1) is 13.1. The van der Waals surface area contributed by atoms with Gasteiger partial charge < -0.3 is 4.74 Å². The number of rotatable bonds is 4. The predicted octanol–water partition coefficient (Wildman–Crippen LogP) is 4.06. The van der Waals surface area contributed by atoms with Gasteiger partial charge in [-0.2, -0.15) is 5.10 Å². The smallest absolute Gasteiger partial charge is 0.356 e. The second kappa shape index (κ2) is 7.12. The van der Waals surface area contributed by atoms with Crippen molar-refractivity contribution < 1.29 is 14.3 Å². The molecule has 0 unspecified atom stereocenters. The number of carbonyl (C=O) groups is 2. The third-order valence-corrected chi connectivity index (χ3v) is 5.19. The Kier molecular flexibility index (Phi) is 4.66. The Hall–Kier alpha value is -2.73. The molecule has 3 aromatic heterocycles. The molecule has 1 aliphatic carbocycles. The molecule has 0 spiro atoms. The van der Waals surface area contributed by atoms with Crippen LogP contribution in [0.5, 0.6) is 0 Å². The van der Waals surface area contributed by atoms with E-state index in [1.807, 2.05) is 0 Å². The van der Waals surface area contributed by atoms with Crippen LogP contribution in [0.2, 0.25) is 5.02 Å². The van der Waals surface area contributed by atoms with Crippen LogP contribution < -0.4 is 0 Å². The van der Waals surface area contributed by atoms with Crippen LogP contribution >= 0.6 is 11.6 Å². The predicted molar refractivity (Wildman–Crippen MR) is 100 cm³/mol. The SMILES string of the molecule is COC(=O)c1cccc(C(=O)c2c(C3CCCC3)nn3cc(Cl)ccc23)n1. The average molecular weight is 384 g/mol. The lowest BCUT2D eigenvalue weighted by molar-refractivity contribution is 0.0594. The zero-order valence-electron chi connectivity index (χ0n) is 14.8. The highest BCUT2D eigenvalue weighted by molar-refractivity contribution is 6.30. The molecule has 3 heterocycles. The molecule has 0 amide bonds. The standard InChI is InChI=1S/C20H18ClN3O3/c1-27-20(26)15-8-4-7-14(22-15)19(25)17-16-10-9-13(21)11-24(16)23-18(17)12-5-2-3-6-12/h4,7-12H,2-3,5-6H2,1H3. The maximum absolute atomic E-state index is 13.3. The topological polar surface area (TPSA) is 73.6 Å². The molecule has 0 saturated heterocycles. The zero-order valence-corrected chi connectivity index (χ0v) is 15.6. The number of hydrogen-bond donors (Lipinski definition) is 0. The first-order valence-electron chi connectivity index (χ1n) is 8.86. The summed E-state index contributed by atoms with van der Waals surface area (Å²) in [5, 5.41) is 5.22. The van der Waals surface area contributed by atoms with Gasteiger partial charge in [-0.1, -0.05) is 30.5 Å². The summed E-state index contributed by atoms with van der Waals surface area (Å²) < 4.78 is 6.37. The van der Waals surface area contributed by atoms with Crippen molar-refractivity contribution in [3.8, 4) is 0 Å². The van der Waals surface area contributed by atoms with Crippen molar-refractivity contribution in [2.45, 2.75) is 31.6 Å². The largest absolute Gasteiger partial charge is 0.464 e. The molecule has 1 fully saturated rings. The van der Waals surface area contributed by atoms with Gasteiger partial charge in [0.25, 0.3) is 0 Å². The van der Waals surface area contributed by atoms with Crippen molar-refractivity contribution in [1.82, 2.24) is 14.6 Å². The van der Waals surface area contributed by atoms with Crippen LogP contribution in [0.1, 0.15) is 63.8 Å². The normalized spacial score (nSPS) is 14.6. The number of fused-ring (bicyclic) bond motifs is 1. The number of carbonyl (C=O) groups excluding carboxylic acids is 2. The lowest BCUT2D eigenvalue weighted by Gasteiger charge is -2.08. The van der Waals surface area contributed by atoms with Crippen LogP contribution in [0, 0.1) is 0 Å². The molecule has 4 rings (SSSR count). The molecular formula is C20H18ClN3O3. The quantitative estimate of drug-likeness (QED) is 0.501. The zero-order chi connectivity index (χ0) is 19.0. The molecule has 3 aromatic rings. The van der Waals surface area contributed by atoms with Crippen LogP contribution in [-0.2, 0) is 4.74 Å². The molecule has 0 radical (unpaired) electrons. The Morgan fingerprint density at radius 2 is 1.89 bits per heavy atom. The lowest BCUT2D eigenvalue weighted by Crippen LogP contribution is -2.12. The van der Waals surface area contributed by atoms with E-state index in [9.17, 15) is 9.59 Å². The van der Waals surface area contributed by atoms with Crippen LogP contribution in [-0.4, -0.2) is 33.5 Å². The van der Waals surface area contributed by atoms with E-state index in [2.05, 4.69) is 10.1 Å². The molecule has 0 bridgehead atoms. The van der Waals surface area contributed by atoms with Crippen molar-refractivity contribution in [1.29, 1.82) is 0 Å². The van der Waals surface area contributed by atoms with E-state index in [-0.39, 0.29) is 23.1 Å². The summed E-state index contributed by atoms with van der Waals surface area (Å²) in [6.45, 7) is 0. The summed E-state index contributed by atoms with van der Waals surface area (Å²) >= 11 is 6.10. The van der Waals surface area contributed by atoms with Crippen LogP contribution in [0.3, 0.4) is 0 Å². The van der Waals surface area contributed by atoms with Gasteiger partial charge >= 0.3 is 5.97 Å². The third kappa shape index (κ3) is 3.21. The Bertz CT molecular complexity index is 1040. The highest BCUT2D eigenvalue weighted by Gasteiger charge is 2.29. The van der Waals surface area contributed by atoms with E-state index in [0.29, 0.717) is 16.1 Å². The van der Waals surface area contributed by atoms with Gasteiger partial charge in [0.1, 0.15) is 11.4 Å². The lowest BCUT2D eigenvalue weighted by atomic mass is 9.95. The molecule has 1 saturated carbocycles. The van der Waals surface area contributed by atoms with Crippen molar-refractivity contribution in [2.75, 3.05) is 7.11 Å². The minimum absolute atomic E-state index is 0.102. The fourth-order valence-corrected chi connectivity index (χ4v) is 3.82. The molecule has 1 aliphatic rings. The second-order valence-electron chi connectivity index (χ2n) is 6.65. The van der Waals surface area contributed by atoms with Crippen molar-refractivity contribution in [2.24, 2.45) is 0 Å². The fourth-order valence-electron chi connectivity index (χ4n) is 3.67. The fraction of sp³-hybridized carbons (Fsp3) is 0.300. The van der Waals surface area contributed by atoms with Gasteiger partial charge in [0, 0.05) is 12.1 Å². The molecular weight excluding hydrogens is 366 g/mol. The number of aromatic nitrogens is 3. The van der Waals surface area contributed by atoms with Crippen LogP contribution in [0.4, 0.5) is 0 Å². The van der Waals surface area contributed by atoms with Gasteiger partial charge in [0.2, 0.25) is 5.78 Å². The second-order valence-corrected chi connectivity index (χ2v) is 7.08. The van der Waals surface area contributed by atoms with E-state index < -0.39 is 5.97 Å². The first-order valence-corrected chi connectivity index (χ1v) is 9.24.